The SMILES string of the molecule is O=C(c1ncc(Cl)c(Cl)c1Cl)N1CCCC2CCCCC21. The minimum absolute atomic E-state index is 0.116. The van der Waals surface area contributed by atoms with Crippen molar-refractivity contribution in [1.82, 2.24) is 9.88 Å². The van der Waals surface area contributed by atoms with Gasteiger partial charge in [0.1, 0.15) is 5.69 Å². The van der Waals surface area contributed by atoms with Gasteiger partial charge in [0.2, 0.25) is 0 Å². The quantitative estimate of drug-likeness (QED) is 0.728. The Morgan fingerprint density at radius 3 is 2.62 bits per heavy atom. The van der Waals surface area contributed by atoms with Crippen molar-refractivity contribution in [2.24, 2.45) is 5.92 Å². The van der Waals surface area contributed by atoms with Crippen LogP contribution >= 0.6 is 34.8 Å². The van der Waals surface area contributed by atoms with Crippen molar-refractivity contribution in [2.45, 2.75) is 44.6 Å². The van der Waals surface area contributed by atoms with E-state index in [0.717, 1.165) is 19.4 Å². The number of fused-ring (bicyclic) bond motifs is 1. The second-order valence-corrected chi connectivity index (χ2v) is 7.00. The molecule has 3 rings (SSSR count). The number of aromatic nitrogens is 1. The maximum Gasteiger partial charge on any atom is 0.274 e. The molecule has 1 saturated carbocycles. The number of pyridine rings is 1. The van der Waals surface area contributed by atoms with Crippen LogP contribution in [-0.2, 0) is 0 Å². The molecule has 0 spiro atoms. The summed E-state index contributed by atoms with van der Waals surface area (Å²) in [5, 5.41) is 0.633. The van der Waals surface area contributed by atoms with Gasteiger partial charge in [-0.3, -0.25) is 4.79 Å². The molecule has 0 bridgehead atoms. The molecule has 1 saturated heterocycles. The Bertz CT molecular complexity index is 562. The number of halogens is 3. The summed E-state index contributed by atoms with van der Waals surface area (Å²) in [6, 6.07) is 0.326. The molecule has 0 radical (unpaired) electrons. The van der Waals surface area contributed by atoms with Crippen molar-refractivity contribution < 1.29 is 4.79 Å². The first-order valence-corrected chi connectivity index (χ1v) is 8.53. The summed E-state index contributed by atoms with van der Waals surface area (Å²) < 4.78 is 0. The standard InChI is InChI=1S/C15H17Cl3N2O/c16-10-8-19-14(13(18)12(10)17)15(21)20-7-3-5-9-4-1-2-6-11(9)20/h8-9,11H,1-7H2. The molecule has 114 valence electrons. The van der Waals surface area contributed by atoms with Gasteiger partial charge in [-0.25, -0.2) is 4.98 Å². The van der Waals surface area contributed by atoms with E-state index >= 15 is 0 Å². The molecule has 3 nitrogen and oxygen atoms in total. The van der Waals surface area contributed by atoms with Crippen molar-refractivity contribution in [3.63, 3.8) is 0 Å². The molecular formula is C15H17Cl3N2O. The van der Waals surface area contributed by atoms with Crippen LogP contribution in [-0.4, -0.2) is 28.4 Å². The summed E-state index contributed by atoms with van der Waals surface area (Å²) >= 11 is 18.1. The zero-order valence-electron chi connectivity index (χ0n) is 11.6. The highest BCUT2D eigenvalue weighted by atomic mass is 35.5. The van der Waals surface area contributed by atoms with Crippen LogP contribution in [0.2, 0.25) is 15.1 Å². The Labute approximate surface area is 139 Å². The summed E-state index contributed by atoms with van der Waals surface area (Å²) in [6.45, 7) is 0.776. The van der Waals surface area contributed by atoms with E-state index in [9.17, 15) is 4.79 Å². The third-order valence-corrected chi connectivity index (χ3v) is 5.86. The number of piperidine rings is 1. The van der Waals surface area contributed by atoms with Gasteiger partial charge in [-0.1, -0.05) is 47.6 Å². The van der Waals surface area contributed by atoms with Crippen LogP contribution in [0.1, 0.15) is 49.0 Å². The van der Waals surface area contributed by atoms with E-state index in [1.807, 2.05) is 4.90 Å². The van der Waals surface area contributed by atoms with E-state index in [1.165, 1.54) is 31.9 Å². The first-order valence-electron chi connectivity index (χ1n) is 7.40. The van der Waals surface area contributed by atoms with Crippen LogP contribution in [0.15, 0.2) is 6.20 Å². The molecule has 1 amide bonds. The maximum absolute atomic E-state index is 12.8. The Hall–Kier alpha value is -0.510. The number of carbonyl (C=O) groups is 1. The lowest BCUT2D eigenvalue weighted by atomic mass is 9.78. The number of amides is 1. The smallest absolute Gasteiger partial charge is 0.274 e. The number of hydrogen-bond acceptors (Lipinski definition) is 2. The molecule has 21 heavy (non-hydrogen) atoms. The summed E-state index contributed by atoms with van der Waals surface area (Å²) in [4.78, 5) is 18.9. The highest BCUT2D eigenvalue weighted by Crippen LogP contribution is 2.37. The minimum Gasteiger partial charge on any atom is -0.334 e. The number of rotatable bonds is 1. The number of likely N-dealkylation sites (tertiary alicyclic amines) is 1. The third kappa shape index (κ3) is 2.88. The van der Waals surface area contributed by atoms with Crippen molar-refractivity contribution in [2.75, 3.05) is 6.54 Å². The van der Waals surface area contributed by atoms with Crippen LogP contribution < -0.4 is 0 Å². The van der Waals surface area contributed by atoms with Gasteiger partial charge < -0.3 is 4.90 Å². The predicted octanol–water partition coefficient (Wildman–Crippen LogP) is 4.84. The van der Waals surface area contributed by atoms with E-state index in [1.54, 1.807) is 0 Å². The first kappa shape index (κ1) is 15.4. The van der Waals surface area contributed by atoms with Crippen LogP contribution in [0.3, 0.4) is 0 Å². The average molecular weight is 348 g/mol. The fourth-order valence-electron chi connectivity index (χ4n) is 3.61. The second kappa shape index (κ2) is 6.31. The van der Waals surface area contributed by atoms with Gasteiger partial charge in [-0.2, -0.15) is 0 Å². The van der Waals surface area contributed by atoms with E-state index in [2.05, 4.69) is 4.98 Å². The fourth-order valence-corrected chi connectivity index (χ4v) is 4.17. The van der Waals surface area contributed by atoms with Gasteiger partial charge in [-0.15, -0.1) is 0 Å². The molecule has 2 atom stereocenters. The third-order valence-electron chi connectivity index (χ3n) is 4.62. The van der Waals surface area contributed by atoms with Crippen molar-refractivity contribution in [3.05, 3.63) is 27.0 Å². The molecule has 1 aromatic rings. The largest absolute Gasteiger partial charge is 0.334 e. The topological polar surface area (TPSA) is 33.2 Å². The lowest BCUT2D eigenvalue weighted by Crippen LogP contribution is -2.49. The number of nitrogens with zero attached hydrogens (tertiary/aromatic N) is 2. The lowest BCUT2D eigenvalue weighted by molar-refractivity contribution is 0.0385. The van der Waals surface area contributed by atoms with E-state index < -0.39 is 0 Å². The monoisotopic (exact) mass is 346 g/mol. The Morgan fingerprint density at radius 1 is 1.10 bits per heavy atom. The molecule has 1 aliphatic carbocycles. The second-order valence-electron chi connectivity index (χ2n) is 5.84. The van der Waals surface area contributed by atoms with E-state index in [-0.39, 0.29) is 26.7 Å². The highest BCUT2D eigenvalue weighted by molar-refractivity contribution is 6.48. The Morgan fingerprint density at radius 2 is 1.81 bits per heavy atom. The van der Waals surface area contributed by atoms with Crippen molar-refractivity contribution in [3.8, 4) is 0 Å². The van der Waals surface area contributed by atoms with Crippen LogP contribution in [0.4, 0.5) is 0 Å². The molecular weight excluding hydrogens is 331 g/mol. The van der Waals surface area contributed by atoms with E-state index in [0.29, 0.717) is 12.0 Å². The number of carbonyl (C=O) groups excluding carboxylic acids is 1. The Balaban J connectivity index is 1.89. The van der Waals surface area contributed by atoms with E-state index in [4.69, 9.17) is 34.8 Å². The zero-order chi connectivity index (χ0) is 15.0. The molecule has 2 fully saturated rings. The average Bonchev–Trinajstić information content (AvgIpc) is 2.51. The maximum atomic E-state index is 12.8. The molecule has 6 heteroatoms. The zero-order valence-corrected chi connectivity index (χ0v) is 13.9. The summed E-state index contributed by atoms with van der Waals surface area (Å²) in [5.74, 6) is 0.508. The summed E-state index contributed by atoms with van der Waals surface area (Å²) in [6.07, 6.45) is 8.42. The molecule has 1 aliphatic heterocycles. The van der Waals surface area contributed by atoms with Crippen molar-refractivity contribution >= 4 is 40.7 Å². The predicted molar refractivity (Wildman–Crippen MR) is 85.3 cm³/mol. The van der Waals surface area contributed by atoms with Gasteiger partial charge in [0.15, 0.2) is 0 Å². The molecule has 0 N–H and O–H groups in total. The minimum atomic E-state index is -0.116. The first-order chi connectivity index (χ1) is 10.1. The molecule has 0 aromatic carbocycles. The van der Waals surface area contributed by atoms with Crippen LogP contribution in [0, 0.1) is 5.92 Å². The molecule has 1 aromatic heterocycles. The van der Waals surface area contributed by atoms with Gasteiger partial charge in [-0.05, 0) is 31.6 Å². The van der Waals surface area contributed by atoms with Gasteiger partial charge in [0.05, 0.1) is 15.1 Å². The fraction of sp³-hybridized carbons (Fsp3) is 0.600. The van der Waals surface area contributed by atoms with Crippen molar-refractivity contribution in [1.29, 1.82) is 0 Å². The molecule has 2 aliphatic rings. The summed E-state index contributed by atoms with van der Waals surface area (Å²) in [5.41, 5.74) is 0.220. The Kier molecular flexibility index (Phi) is 4.63. The van der Waals surface area contributed by atoms with Gasteiger partial charge in [0, 0.05) is 18.8 Å². The van der Waals surface area contributed by atoms with Gasteiger partial charge >= 0.3 is 0 Å². The van der Waals surface area contributed by atoms with Crippen LogP contribution in [0.5, 0.6) is 0 Å². The highest BCUT2D eigenvalue weighted by Gasteiger charge is 2.37. The van der Waals surface area contributed by atoms with Gasteiger partial charge in [0.25, 0.3) is 5.91 Å². The summed E-state index contributed by atoms with van der Waals surface area (Å²) in [7, 11) is 0. The lowest BCUT2D eigenvalue weighted by Gasteiger charge is -2.44. The normalized spacial score (nSPS) is 25.6. The number of hydrogen-bond donors (Lipinski definition) is 0. The molecule has 2 heterocycles. The molecule has 2 unspecified atom stereocenters. The van der Waals surface area contributed by atoms with Crippen LogP contribution in [0.25, 0.3) is 0 Å².